The van der Waals surface area contributed by atoms with Crippen LogP contribution in [-0.4, -0.2) is 7.05 Å². The van der Waals surface area contributed by atoms with E-state index in [0.717, 1.165) is 11.1 Å². The van der Waals surface area contributed by atoms with Gasteiger partial charge in [0.15, 0.2) is 0 Å². The molecule has 1 unspecified atom stereocenters. The van der Waals surface area contributed by atoms with E-state index in [2.05, 4.69) is 5.32 Å². The lowest BCUT2D eigenvalue weighted by molar-refractivity contribution is 0.604. The van der Waals surface area contributed by atoms with Crippen molar-refractivity contribution in [2.45, 2.75) is 19.9 Å². The van der Waals surface area contributed by atoms with Crippen molar-refractivity contribution in [3.05, 3.63) is 68.4 Å². The predicted molar refractivity (Wildman–Crippen MR) is 83.2 cm³/mol. The van der Waals surface area contributed by atoms with Crippen molar-refractivity contribution in [2.75, 3.05) is 7.05 Å². The second-order valence-electron chi connectivity index (χ2n) is 4.86. The summed E-state index contributed by atoms with van der Waals surface area (Å²) in [5.74, 6) is -0.161. The van der Waals surface area contributed by atoms with Gasteiger partial charge in [-0.15, -0.1) is 0 Å². The summed E-state index contributed by atoms with van der Waals surface area (Å²) in [7, 11) is 1.85. The summed E-state index contributed by atoms with van der Waals surface area (Å²) in [5.41, 5.74) is 3.16. The molecule has 0 amide bonds. The zero-order valence-corrected chi connectivity index (χ0v) is 13.1. The molecular formula is C16H16Cl2FN. The number of hydrogen-bond donors (Lipinski definition) is 1. The molecule has 2 aromatic rings. The van der Waals surface area contributed by atoms with Crippen molar-refractivity contribution in [2.24, 2.45) is 0 Å². The van der Waals surface area contributed by atoms with Crippen LogP contribution in [0, 0.1) is 19.7 Å². The van der Waals surface area contributed by atoms with Gasteiger partial charge in [0.1, 0.15) is 5.82 Å². The van der Waals surface area contributed by atoms with E-state index in [4.69, 9.17) is 23.2 Å². The molecule has 1 N–H and O–H groups in total. The first kappa shape index (κ1) is 15.3. The third kappa shape index (κ3) is 2.98. The van der Waals surface area contributed by atoms with E-state index in [-0.39, 0.29) is 11.9 Å². The summed E-state index contributed by atoms with van der Waals surface area (Å²) in [6.07, 6.45) is 0. The minimum Gasteiger partial charge on any atom is -0.309 e. The lowest BCUT2D eigenvalue weighted by Crippen LogP contribution is -2.18. The highest BCUT2D eigenvalue weighted by Crippen LogP contribution is 2.31. The first-order chi connectivity index (χ1) is 9.43. The quantitative estimate of drug-likeness (QED) is 0.835. The number of halogens is 3. The number of benzene rings is 2. The Morgan fingerprint density at radius 1 is 1.05 bits per heavy atom. The van der Waals surface area contributed by atoms with Crippen LogP contribution in [0.15, 0.2) is 30.3 Å². The van der Waals surface area contributed by atoms with Gasteiger partial charge >= 0.3 is 0 Å². The van der Waals surface area contributed by atoms with Gasteiger partial charge in [0, 0.05) is 10.0 Å². The molecule has 0 spiro atoms. The van der Waals surface area contributed by atoms with Gasteiger partial charge in [-0.3, -0.25) is 0 Å². The molecule has 0 aliphatic rings. The van der Waals surface area contributed by atoms with Crippen LogP contribution in [0.4, 0.5) is 4.39 Å². The summed E-state index contributed by atoms with van der Waals surface area (Å²) in [6.45, 7) is 3.53. The topological polar surface area (TPSA) is 12.0 Å². The first-order valence-electron chi connectivity index (χ1n) is 6.33. The van der Waals surface area contributed by atoms with Crippen LogP contribution < -0.4 is 5.32 Å². The zero-order chi connectivity index (χ0) is 14.9. The highest BCUT2D eigenvalue weighted by Gasteiger charge is 2.17. The highest BCUT2D eigenvalue weighted by atomic mass is 35.5. The minimum atomic E-state index is -0.161. The van der Waals surface area contributed by atoms with E-state index >= 15 is 0 Å². The fourth-order valence-electron chi connectivity index (χ4n) is 2.38. The average molecular weight is 312 g/mol. The number of rotatable bonds is 3. The molecule has 0 radical (unpaired) electrons. The normalized spacial score (nSPS) is 12.5. The summed E-state index contributed by atoms with van der Waals surface area (Å²) in [5, 5.41) is 4.41. The molecule has 2 aromatic carbocycles. The summed E-state index contributed by atoms with van der Waals surface area (Å²) < 4.78 is 13.7. The molecule has 20 heavy (non-hydrogen) atoms. The van der Waals surface area contributed by atoms with Gasteiger partial charge in [-0.05, 0) is 55.3 Å². The molecule has 0 heterocycles. The maximum Gasteiger partial charge on any atom is 0.129 e. The largest absolute Gasteiger partial charge is 0.309 e. The SMILES string of the molecule is CNC(c1cc(C)c(F)c(C)c1)c1ccc(Cl)cc1Cl. The van der Waals surface area contributed by atoms with Crippen LogP contribution in [-0.2, 0) is 0 Å². The van der Waals surface area contributed by atoms with Gasteiger partial charge in [-0.2, -0.15) is 0 Å². The molecule has 106 valence electrons. The molecular weight excluding hydrogens is 296 g/mol. The molecule has 1 nitrogen and oxygen atoms in total. The second kappa shape index (κ2) is 6.13. The Morgan fingerprint density at radius 2 is 1.65 bits per heavy atom. The Kier molecular flexibility index (Phi) is 4.69. The molecule has 0 saturated carbocycles. The lowest BCUT2D eigenvalue weighted by atomic mass is 9.95. The minimum absolute atomic E-state index is 0.0993. The van der Waals surface area contributed by atoms with Crippen LogP contribution in [0.3, 0.4) is 0 Å². The predicted octanol–water partition coefficient (Wildman–Crippen LogP) is 5.06. The van der Waals surface area contributed by atoms with E-state index < -0.39 is 0 Å². The van der Waals surface area contributed by atoms with Crippen LogP contribution in [0.2, 0.25) is 10.0 Å². The Hall–Kier alpha value is -1.09. The Labute approximate surface area is 128 Å². The number of nitrogens with one attached hydrogen (secondary N) is 1. The Balaban J connectivity index is 2.52. The smallest absolute Gasteiger partial charge is 0.129 e. The number of hydrogen-bond acceptors (Lipinski definition) is 1. The molecule has 0 bridgehead atoms. The van der Waals surface area contributed by atoms with Gasteiger partial charge in [0.25, 0.3) is 0 Å². The van der Waals surface area contributed by atoms with Gasteiger partial charge in [-0.1, -0.05) is 41.4 Å². The summed E-state index contributed by atoms with van der Waals surface area (Å²) >= 11 is 12.2. The molecule has 0 aliphatic heterocycles. The number of aryl methyl sites for hydroxylation is 2. The van der Waals surface area contributed by atoms with Crippen LogP contribution in [0.5, 0.6) is 0 Å². The molecule has 0 fully saturated rings. The Morgan fingerprint density at radius 3 is 2.15 bits per heavy atom. The summed E-state index contributed by atoms with van der Waals surface area (Å²) in [4.78, 5) is 0. The van der Waals surface area contributed by atoms with Crippen molar-refractivity contribution >= 4 is 23.2 Å². The zero-order valence-electron chi connectivity index (χ0n) is 11.6. The van der Waals surface area contributed by atoms with Crippen LogP contribution >= 0.6 is 23.2 Å². The van der Waals surface area contributed by atoms with Crippen LogP contribution in [0.25, 0.3) is 0 Å². The average Bonchev–Trinajstić information content (AvgIpc) is 2.39. The van der Waals surface area contributed by atoms with Gasteiger partial charge in [-0.25, -0.2) is 4.39 Å². The van der Waals surface area contributed by atoms with Crippen molar-refractivity contribution in [1.29, 1.82) is 0 Å². The fourth-order valence-corrected chi connectivity index (χ4v) is 2.90. The van der Waals surface area contributed by atoms with Gasteiger partial charge in [0.05, 0.1) is 6.04 Å². The highest BCUT2D eigenvalue weighted by molar-refractivity contribution is 6.35. The molecule has 0 aliphatic carbocycles. The summed E-state index contributed by atoms with van der Waals surface area (Å²) in [6, 6.07) is 8.99. The van der Waals surface area contributed by atoms with E-state index in [1.165, 1.54) is 0 Å². The van der Waals surface area contributed by atoms with Crippen molar-refractivity contribution < 1.29 is 4.39 Å². The first-order valence-corrected chi connectivity index (χ1v) is 7.08. The van der Waals surface area contributed by atoms with E-state index in [9.17, 15) is 4.39 Å². The van der Waals surface area contributed by atoms with Gasteiger partial charge in [0.2, 0.25) is 0 Å². The second-order valence-corrected chi connectivity index (χ2v) is 5.70. The molecule has 0 saturated heterocycles. The van der Waals surface area contributed by atoms with E-state index in [1.807, 2.05) is 25.2 Å². The monoisotopic (exact) mass is 311 g/mol. The molecule has 0 aromatic heterocycles. The lowest BCUT2D eigenvalue weighted by Gasteiger charge is -2.20. The van der Waals surface area contributed by atoms with Crippen molar-refractivity contribution in [3.63, 3.8) is 0 Å². The van der Waals surface area contributed by atoms with Gasteiger partial charge < -0.3 is 5.32 Å². The molecule has 4 heteroatoms. The maximum atomic E-state index is 13.7. The maximum absolute atomic E-state index is 13.7. The Bertz CT molecular complexity index is 617. The van der Waals surface area contributed by atoms with Crippen molar-refractivity contribution in [3.8, 4) is 0 Å². The third-order valence-electron chi connectivity index (χ3n) is 3.35. The van der Waals surface area contributed by atoms with Crippen LogP contribution in [0.1, 0.15) is 28.3 Å². The van der Waals surface area contributed by atoms with E-state index in [0.29, 0.717) is 21.2 Å². The molecule has 2 rings (SSSR count). The molecule has 1 atom stereocenters. The van der Waals surface area contributed by atoms with Crippen molar-refractivity contribution in [1.82, 2.24) is 5.32 Å². The third-order valence-corrected chi connectivity index (χ3v) is 3.92. The standard InChI is InChI=1S/C16H16Cl2FN/c1-9-6-11(7-10(2)15(9)19)16(20-3)13-5-4-12(17)8-14(13)18/h4-8,16,20H,1-3H3. The fraction of sp³-hybridized carbons (Fsp3) is 0.250. The van der Waals surface area contributed by atoms with E-state index in [1.54, 1.807) is 26.0 Å².